The van der Waals surface area contributed by atoms with Gasteiger partial charge in [-0.1, -0.05) is 12.1 Å². The van der Waals surface area contributed by atoms with Crippen LogP contribution < -0.4 is 11.1 Å². The van der Waals surface area contributed by atoms with Crippen LogP contribution in [0.4, 0.5) is 11.4 Å². The Kier molecular flexibility index (Phi) is 3.74. The highest BCUT2D eigenvalue weighted by Crippen LogP contribution is 2.21. The van der Waals surface area contributed by atoms with E-state index in [2.05, 4.69) is 15.3 Å². The van der Waals surface area contributed by atoms with Crippen LogP contribution in [-0.4, -0.2) is 29.4 Å². The molecule has 0 saturated heterocycles. The lowest BCUT2D eigenvalue weighted by Crippen LogP contribution is -2.16. The molecule has 6 heteroatoms. The highest BCUT2D eigenvalue weighted by atomic mass is 16.5. The largest absolute Gasteiger partial charge is 0.475 e. The highest BCUT2D eigenvalue weighted by molar-refractivity contribution is 6.11. The number of anilines is 2. The molecular formula is C16H16N4O2. The lowest BCUT2D eigenvalue weighted by molar-refractivity contribution is 0.102. The third-order valence-corrected chi connectivity index (χ3v) is 3.30. The van der Waals surface area contributed by atoms with Gasteiger partial charge in [-0.25, -0.2) is 4.99 Å². The minimum Gasteiger partial charge on any atom is -0.475 e. The molecule has 0 bridgehead atoms. The minimum absolute atomic E-state index is 0.120. The van der Waals surface area contributed by atoms with Gasteiger partial charge in [0.05, 0.1) is 34.7 Å². The molecule has 1 atom stereocenters. The Morgan fingerprint density at radius 2 is 2.18 bits per heavy atom. The lowest BCUT2D eigenvalue weighted by atomic mass is 10.1. The molecule has 1 aromatic carbocycles. The molecule has 0 saturated carbocycles. The first-order chi connectivity index (χ1) is 10.6. The molecule has 2 aromatic rings. The third-order valence-electron chi connectivity index (χ3n) is 3.30. The number of nitrogen functional groups attached to an aromatic ring is 1. The molecule has 6 nitrogen and oxygen atoms in total. The van der Waals surface area contributed by atoms with Crippen molar-refractivity contribution in [1.29, 1.82) is 0 Å². The second-order valence-corrected chi connectivity index (χ2v) is 5.06. The second-order valence-electron chi connectivity index (χ2n) is 5.06. The van der Waals surface area contributed by atoms with Crippen LogP contribution in [0, 0.1) is 0 Å². The fourth-order valence-electron chi connectivity index (χ4n) is 2.20. The summed E-state index contributed by atoms with van der Waals surface area (Å²) in [7, 11) is 0. The van der Waals surface area contributed by atoms with Gasteiger partial charge in [-0.3, -0.25) is 9.78 Å². The second kappa shape index (κ2) is 5.85. The zero-order valence-corrected chi connectivity index (χ0v) is 12.1. The number of benzene rings is 1. The van der Waals surface area contributed by atoms with Gasteiger partial charge in [-0.2, -0.15) is 0 Å². The van der Waals surface area contributed by atoms with Gasteiger partial charge in [0, 0.05) is 6.20 Å². The van der Waals surface area contributed by atoms with Gasteiger partial charge in [0.15, 0.2) is 0 Å². The maximum atomic E-state index is 12.4. The molecule has 22 heavy (non-hydrogen) atoms. The van der Waals surface area contributed by atoms with Crippen molar-refractivity contribution in [2.24, 2.45) is 4.99 Å². The number of carbonyl (C=O) groups is 1. The Morgan fingerprint density at radius 3 is 2.91 bits per heavy atom. The van der Waals surface area contributed by atoms with Gasteiger partial charge in [0.1, 0.15) is 6.61 Å². The number of pyridine rings is 1. The number of amides is 1. The molecule has 1 aliphatic rings. The summed E-state index contributed by atoms with van der Waals surface area (Å²) < 4.78 is 5.57. The van der Waals surface area contributed by atoms with Crippen LogP contribution in [0.2, 0.25) is 0 Å². The number of aliphatic imine (C=N–C) groups is 1. The van der Waals surface area contributed by atoms with E-state index in [4.69, 9.17) is 10.5 Å². The normalized spacial score (nSPS) is 16.8. The molecule has 1 aromatic heterocycles. The smallest absolute Gasteiger partial charge is 0.257 e. The molecule has 0 unspecified atom stereocenters. The van der Waals surface area contributed by atoms with Gasteiger partial charge in [0.2, 0.25) is 5.90 Å². The van der Waals surface area contributed by atoms with Crippen molar-refractivity contribution in [2.45, 2.75) is 13.0 Å². The number of hydrogen-bond donors (Lipinski definition) is 2. The molecule has 1 amide bonds. The maximum absolute atomic E-state index is 12.4. The van der Waals surface area contributed by atoms with Crippen molar-refractivity contribution >= 4 is 23.2 Å². The SMILES string of the molecule is C[C@H]1COC(c2ccccc2NC(=O)c2ccncc2N)=N1. The molecule has 0 radical (unpaired) electrons. The Hall–Kier alpha value is -2.89. The van der Waals surface area contributed by atoms with Crippen molar-refractivity contribution in [2.75, 3.05) is 17.7 Å². The Labute approximate surface area is 128 Å². The molecular weight excluding hydrogens is 280 g/mol. The first kappa shape index (κ1) is 14.1. The summed E-state index contributed by atoms with van der Waals surface area (Å²) in [6.45, 7) is 2.53. The van der Waals surface area contributed by atoms with Crippen molar-refractivity contribution < 1.29 is 9.53 Å². The van der Waals surface area contributed by atoms with E-state index in [0.29, 0.717) is 29.4 Å². The zero-order valence-electron chi connectivity index (χ0n) is 12.1. The lowest BCUT2D eigenvalue weighted by Gasteiger charge is -2.11. The fourth-order valence-corrected chi connectivity index (χ4v) is 2.20. The average molecular weight is 296 g/mol. The Balaban J connectivity index is 1.89. The number of nitrogens with one attached hydrogen (secondary N) is 1. The fraction of sp³-hybridized carbons (Fsp3) is 0.188. The van der Waals surface area contributed by atoms with E-state index in [-0.39, 0.29) is 11.9 Å². The summed E-state index contributed by atoms with van der Waals surface area (Å²) in [6, 6.07) is 9.09. The molecule has 1 aliphatic heterocycles. The predicted octanol–water partition coefficient (Wildman–Crippen LogP) is 2.08. The summed E-state index contributed by atoms with van der Waals surface area (Å²) in [5, 5.41) is 2.85. The molecule has 0 aliphatic carbocycles. The van der Waals surface area contributed by atoms with Crippen molar-refractivity contribution in [1.82, 2.24) is 4.98 Å². The van der Waals surface area contributed by atoms with Crippen molar-refractivity contribution in [3.05, 3.63) is 53.9 Å². The highest BCUT2D eigenvalue weighted by Gasteiger charge is 2.20. The van der Waals surface area contributed by atoms with E-state index in [1.54, 1.807) is 12.1 Å². The summed E-state index contributed by atoms with van der Waals surface area (Å²) in [5.41, 5.74) is 7.89. The number of nitrogens with zero attached hydrogens (tertiary/aromatic N) is 2. The van der Waals surface area contributed by atoms with Crippen LogP contribution >= 0.6 is 0 Å². The van der Waals surface area contributed by atoms with Crippen LogP contribution in [0.5, 0.6) is 0 Å². The predicted molar refractivity (Wildman–Crippen MR) is 85.0 cm³/mol. The Bertz CT molecular complexity index is 742. The van der Waals surface area contributed by atoms with E-state index in [1.807, 2.05) is 25.1 Å². The molecule has 2 heterocycles. The topological polar surface area (TPSA) is 89.6 Å². The first-order valence-corrected chi connectivity index (χ1v) is 6.96. The third kappa shape index (κ3) is 2.76. The van der Waals surface area contributed by atoms with Crippen molar-refractivity contribution in [3.63, 3.8) is 0 Å². The number of nitrogens with two attached hydrogens (primary N) is 1. The standard InChI is InChI=1S/C16H16N4O2/c1-10-9-22-16(19-10)12-4-2-3-5-14(12)20-15(21)11-6-7-18-8-13(11)17/h2-8,10H,9,17H2,1H3,(H,20,21)/t10-/m0/s1. The van der Waals surface area contributed by atoms with Gasteiger partial charge in [-0.05, 0) is 25.1 Å². The summed E-state index contributed by atoms with van der Waals surface area (Å²) in [4.78, 5) is 20.7. The van der Waals surface area contributed by atoms with Crippen LogP contribution in [0.1, 0.15) is 22.8 Å². The monoisotopic (exact) mass is 296 g/mol. The van der Waals surface area contributed by atoms with Gasteiger partial charge in [0.25, 0.3) is 5.91 Å². The summed E-state index contributed by atoms with van der Waals surface area (Å²) in [5.74, 6) is 0.255. The van der Waals surface area contributed by atoms with Crippen LogP contribution in [0.25, 0.3) is 0 Å². The van der Waals surface area contributed by atoms with Crippen molar-refractivity contribution in [3.8, 4) is 0 Å². The van der Waals surface area contributed by atoms with Crippen LogP contribution in [0.3, 0.4) is 0 Å². The average Bonchev–Trinajstić information content (AvgIpc) is 2.94. The number of hydrogen-bond acceptors (Lipinski definition) is 5. The number of para-hydroxylation sites is 1. The number of aromatic nitrogens is 1. The maximum Gasteiger partial charge on any atom is 0.257 e. The Morgan fingerprint density at radius 1 is 1.36 bits per heavy atom. The number of rotatable bonds is 3. The van der Waals surface area contributed by atoms with E-state index in [1.165, 1.54) is 12.4 Å². The zero-order chi connectivity index (χ0) is 15.5. The van der Waals surface area contributed by atoms with E-state index < -0.39 is 0 Å². The minimum atomic E-state index is -0.293. The van der Waals surface area contributed by atoms with Crippen LogP contribution in [-0.2, 0) is 4.74 Å². The van der Waals surface area contributed by atoms with Gasteiger partial charge >= 0.3 is 0 Å². The number of ether oxygens (including phenoxy) is 1. The van der Waals surface area contributed by atoms with Crippen LogP contribution in [0.15, 0.2) is 47.7 Å². The van der Waals surface area contributed by atoms with Gasteiger partial charge < -0.3 is 15.8 Å². The van der Waals surface area contributed by atoms with E-state index in [9.17, 15) is 4.79 Å². The summed E-state index contributed by atoms with van der Waals surface area (Å²) >= 11 is 0. The summed E-state index contributed by atoms with van der Waals surface area (Å²) in [6.07, 6.45) is 2.98. The van der Waals surface area contributed by atoms with E-state index in [0.717, 1.165) is 5.56 Å². The molecule has 3 rings (SSSR count). The first-order valence-electron chi connectivity index (χ1n) is 6.96. The molecule has 3 N–H and O–H groups in total. The van der Waals surface area contributed by atoms with Gasteiger partial charge in [-0.15, -0.1) is 0 Å². The molecule has 0 spiro atoms. The molecule has 112 valence electrons. The molecule has 0 fully saturated rings. The van der Waals surface area contributed by atoms with E-state index >= 15 is 0 Å². The quantitative estimate of drug-likeness (QED) is 0.907. The number of carbonyl (C=O) groups excluding carboxylic acids is 1.